The van der Waals surface area contributed by atoms with Gasteiger partial charge in [0.25, 0.3) is 5.56 Å². The summed E-state index contributed by atoms with van der Waals surface area (Å²) in [5.74, 6) is -0.528. The number of aromatic amines is 1. The third-order valence-corrected chi connectivity index (χ3v) is 2.96. The Morgan fingerprint density at radius 1 is 1.25 bits per heavy atom. The van der Waals surface area contributed by atoms with Crippen LogP contribution in [0.1, 0.15) is 10.4 Å². The van der Waals surface area contributed by atoms with Crippen LogP contribution in [0.5, 0.6) is 5.75 Å². The number of hydrogen-bond donors (Lipinski definition) is 1. The van der Waals surface area contributed by atoms with Crippen molar-refractivity contribution in [3.8, 4) is 5.75 Å². The minimum atomic E-state index is -0.567. The number of esters is 1. The molecule has 1 aromatic heterocycles. The number of halogens is 1. The molecule has 0 fully saturated rings. The van der Waals surface area contributed by atoms with Crippen molar-refractivity contribution >= 4 is 23.3 Å². The highest BCUT2D eigenvalue weighted by Crippen LogP contribution is 2.22. The molecule has 1 aromatic carbocycles. The number of hydrogen-bond acceptors (Lipinski definition) is 4. The van der Waals surface area contributed by atoms with E-state index >= 15 is 0 Å². The van der Waals surface area contributed by atoms with E-state index in [1.807, 2.05) is 19.0 Å². The van der Waals surface area contributed by atoms with Crippen molar-refractivity contribution in [2.45, 2.75) is 0 Å². The summed E-state index contributed by atoms with van der Waals surface area (Å²) in [6.07, 6.45) is 1.28. The minimum Gasteiger partial charge on any atom is -0.421 e. The van der Waals surface area contributed by atoms with Crippen LogP contribution >= 0.6 is 11.6 Å². The second-order valence-corrected chi connectivity index (χ2v) is 4.75. The normalized spacial score (nSPS) is 10.2. The van der Waals surface area contributed by atoms with Crippen LogP contribution in [-0.4, -0.2) is 25.0 Å². The fourth-order valence-electron chi connectivity index (χ4n) is 1.57. The Hall–Kier alpha value is -2.27. The first-order chi connectivity index (χ1) is 9.47. The molecule has 104 valence electrons. The number of H-pyrrole nitrogens is 1. The number of nitrogens with one attached hydrogen (secondary N) is 1. The predicted molar refractivity (Wildman–Crippen MR) is 77.8 cm³/mol. The van der Waals surface area contributed by atoms with Crippen molar-refractivity contribution in [3.05, 3.63) is 57.5 Å². The smallest absolute Gasteiger partial charge is 0.343 e. The Morgan fingerprint density at radius 3 is 2.50 bits per heavy atom. The molecule has 0 unspecified atom stereocenters. The van der Waals surface area contributed by atoms with E-state index in [0.717, 1.165) is 11.8 Å². The first-order valence-corrected chi connectivity index (χ1v) is 6.23. The van der Waals surface area contributed by atoms with Crippen LogP contribution < -0.4 is 15.2 Å². The second kappa shape index (κ2) is 5.79. The molecule has 0 amide bonds. The maximum Gasteiger partial charge on any atom is 0.343 e. The lowest BCUT2D eigenvalue weighted by Gasteiger charge is -2.12. The average molecular weight is 293 g/mol. The molecule has 2 aromatic rings. The highest BCUT2D eigenvalue weighted by molar-refractivity contribution is 6.32. The number of aromatic nitrogens is 1. The van der Waals surface area contributed by atoms with Gasteiger partial charge < -0.3 is 14.6 Å². The van der Waals surface area contributed by atoms with Crippen molar-refractivity contribution in [2.75, 3.05) is 19.0 Å². The summed E-state index contributed by atoms with van der Waals surface area (Å²) in [6.45, 7) is 0. The van der Waals surface area contributed by atoms with Gasteiger partial charge in [-0.2, -0.15) is 0 Å². The van der Waals surface area contributed by atoms with Crippen LogP contribution in [0.2, 0.25) is 5.02 Å². The van der Waals surface area contributed by atoms with Gasteiger partial charge in [-0.1, -0.05) is 11.6 Å². The van der Waals surface area contributed by atoms with E-state index in [2.05, 4.69) is 4.98 Å². The molecule has 0 atom stereocenters. The molecular formula is C14H13ClN2O3. The van der Waals surface area contributed by atoms with Crippen LogP contribution in [0.3, 0.4) is 0 Å². The van der Waals surface area contributed by atoms with Crippen LogP contribution in [-0.2, 0) is 0 Å². The summed E-state index contributed by atoms with van der Waals surface area (Å²) >= 11 is 5.84. The van der Waals surface area contributed by atoms with Crippen molar-refractivity contribution < 1.29 is 9.53 Å². The number of rotatable bonds is 3. The molecule has 0 spiro atoms. The number of pyridine rings is 1. The predicted octanol–water partition coefficient (Wildman–Crippen LogP) is 2.31. The van der Waals surface area contributed by atoms with Crippen LogP contribution in [0.4, 0.5) is 5.69 Å². The molecule has 5 nitrogen and oxygen atoms in total. The van der Waals surface area contributed by atoms with Gasteiger partial charge in [0.05, 0.1) is 10.6 Å². The number of carbonyl (C=O) groups is 1. The molecule has 0 bridgehead atoms. The van der Waals surface area contributed by atoms with E-state index in [9.17, 15) is 9.59 Å². The van der Waals surface area contributed by atoms with Gasteiger partial charge in [0.1, 0.15) is 0 Å². The number of carbonyl (C=O) groups excluding carboxylic acids is 1. The molecule has 1 N–H and O–H groups in total. The summed E-state index contributed by atoms with van der Waals surface area (Å²) < 4.78 is 5.11. The van der Waals surface area contributed by atoms with Gasteiger partial charge in [0.2, 0.25) is 0 Å². The lowest BCUT2D eigenvalue weighted by atomic mass is 10.2. The standard InChI is InChI=1S/C14H13ClN2O3/c1-17(2)10-5-3-9(4-6-10)14(19)20-12-7-13(18)16-8-11(12)15/h3-8H,1-2H3,(H,16,18). The largest absolute Gasteiger partial charge is 0.421 e. The summed E-state index contributed by atoms with van der Waals surface area (Å²) in [5.41, 5.74) is 0.961. The van der Waals surface area contributed by atoms with Crippen molar-refractivity contribution in [1.29, 1.82) is 0 Å². The topological polar surface area (TPSA) is 62.4 Å². The number of anilines is 1. The molecule has 0 saturated heterocycles. The summed E-state index contributed by atoms with van der Waals surface area (Å²) in [4.78, 5) is 27.4. The Kier molecular flexibility index (Phi) is 4.10. The zero-order valence-electron chi connectivity index (χ0n) is 11.0. The molecule has 20 heavy (non-hydrogen) atoms. The highest BCUT2D eigenvalue weighted by atomic mass is 35.5. The van der Waals surface area contributed by atoms with Crippen LogP contribution in [0.25, 0.3) is 0 Å². The van der Waals surface area contributed by atoms with Crippen molar-refractivity contribution in [1.82, 2.24) is 4.98 Å². The van der Waals surface area contributed by atoms with E-state index in [1.165, 1.54) is 6.20 Å². The molecule has 0 saturated carbocycles. The molecule has 6 heteroatoms. The molecule has 2 rings (SSSR count). The van der Waals surface area contributed by atoms with Crippen molar-refractivity contribution in [3.63, 3.8) is 0 Å². The number of benzene rings is 1. The van der Waals surface area contributed by atoms with Crippen LogP contribution in [0, 0.1) is 0 Å². The Morgan fingerprint density at radius 2 is 1.90 bits per heavy atom. The summed E-state index contributed by atoms with van der Waals surface area (Å²) in [5, 5.41) is 0.169. The summed E-state index contributed by atoms with van der Waals surface area (Å²) in [6, 6.07) is 8.04. The van der Waals surface area contributed by atoms with Gasteiger partial charge in [0.15, 0.2) is 5.75 Å². The fraction of sp³-hybridized carbons (Fsp3) is 0.143. The first kappa shape index (κ1) is 14.1. The Balaban J connectivity index is 2.19. The zero-order valence-corrected chi connectivity index (χ0v) is 11.8. The maximum absolute atomic E-state index is 12.0. The second-order valence-electron chi connectivity index (χ2n) is 4.34. The van der Waals surface area contributed by atoms with E-state index < -0.39 is 5.97 Å². The van der Waals surface area contributed by atoms with E-state index in [4.69, 9.17) is 16.3 Å². The fourth-order valence-corrected chi connectivity index (χ4v) is 1.72. The molecule has 0 aliphatic rings. The SMILES string of the molecule is CN(C)c1ccc(C(=O)Oc2cc(=O)[nH]cc2Cl)cc1. The molecule has 0 aliphatic carbocycles. The third kappa shape index (κ3) is 3.19. The number of ether oxygens (including phenoxy) is 1. The molecule has 1 heterocycles. The van der Waals surface area contributed by atoms with E-state index in [0.29, 0.717) is 5.56 Å². The van der Waals surface area contributed by atoms with Crippen LogP contribution in [0.15, 0.2) is 41.3 Å². The van der Waals surface area contributed by atoms with Gasteiger partial charge in [-0.25, -0.2) is 4.79 Å². The minimum absolute atomic E-state index is 0.0390. The lowest BCUT2D eigenvalue weighted by molar-refractivity contribution is 0.0734. The molecular weight excluding hydrogens is 280 g/mol. The van der Waals surface area contributed by atoms with E-state index in [-0.39, 0.29) is 16.3 Å². The first-order valence-electron chi connectivity index (χ1n) is 5.85. The zero-order chi connectivity index (χ0) is 14.7. The quantitative estimate of drug-likeness (QED) is 0.882. The third-order valence-electron chi connectivity index (χ3n) is 2.66. The van der Waals surface area contributed by atoms with E-state index in [1.54, 1.807) is 24.3 Å². The highest BCUT2D eigenvalue weighted by Gasteiger charge is 2.11. The van der Waals surface area contributed by atoms with Gasteiger partial charge in [-0.05, 0) is 24.3 Å². The van der Waals surface area contributed by atoms with Gasteiger partial charge in [-0.3, -0.25) is 4.79 Å². The maximum atomic E-state index is 12.0. The average Bonchev–Trinajstić information content (AvgIpc) is 2.43. The molecule has 0 radical (unpaired) electrons. The van der Waals surface area contributed by atoms with Gasteiger partial charge in [-0.15, -0.1) is 0 Å². The van der Waals surface area contributed by atoms with Crippen molar-refractivity contribution in [2.24, 2.45) is 0 Å². The Bertz CT molecular complexity index is 678. The molecule has 0 aliphatic heterocycles. The van der Waals surface area contributed by atoms with Gasteiger partial charge in [0, 0.05) is 32.0 Å². The number of nitrogens with zero attached hydrogens (tertiary/aromatic N) is 1. The summed E-state index contributed by atoms with van der Waals surface area (Å²) in [7, 11) is 3.81. The van der Waals surface area contributed by atoms with Gasteiger partial charge >= 0.3 is 5.97 Å². The lowest BCUT2D eigenvalue weighted by Crippen LogP contribution is -2.13. The monoisotopic (exact) mass is 292 g/mol. The Labute approximate surface area is 120 Å².